The molecule has 0 saturated heterocycles. The predicted octanol–water partition coefficient (Wildman–Crippen LogP) is 1.56. The fraction of sp³-hybridized carbons (Fsp3) is 0.680. The van der Waals surface area contributed by atoms with Crippen molar-refractivity contribution in [1.29, 1.82) is 0 Å². The zero-order valence-corrected chi connectivity index (χ0v) is 21.2. The summed E-state index contributed by atoms with van der Waals surface area (Å²) in [7, 11) is 1.35. The van der Waals surface area contributed by atoms with Crippen LogP contribution >= 0.6 is 0 Å². The van der Waals surface area contributed by atoms with Gasteiger partial charge in [-0.1, -0.05) is 0 Å². The summed E-state index contributed by atoms with van der Waals surface area (Å²) in [6.45, 7) is 6.93. The maximum Gasteiger partial charge on any atom is 0.307 e. The van der Waals surface area contributed by atoms with Crippen molar-refractivity contribution in [3.05, 3.63) is 29.8 Å². The summed E-state index contributed by atoms with van der Waals surface area (Å²) in [5.74, 6) is 0.414. The number of benzene rings is 1. The molecule has 0 unspecified atom stereocenters. The molecular weight excluding hydrogens is 476 g/mol. The zero-order chi connectivity index (χ0) is 25.9. The highest BCUT2D eigenvalue weighted by molar-refractivity contribution is 5.74. The van der Waals surface area contributed by atoms with E-state index in [1.807, 2.05) is 0 Å². The second kappa shape index (κ2) is 24.6. The molecule has 206 valence electrons. The van der Waals surface area contributed by atoms with Gasteiger partial charge in [0.05, 0.1) is 106 Å². The first-order valence-corrected chi connectivity index (χ1v) is 12.1. The zero-order valence-electron chi connectivity index (χ0n) is 21.2. The Hall–Kier alpha value is -2.12. The van der Waals surface area contributed by atoms with Crippen LogP contribution in [-0.4, -0.2) is 118 Å². The molecule has 0 fully saturated rings. The molecule has 0 aliphatic carbocycles. The van der Waals surface area contributed by atoms with Gasteiger partial charge < -0.3 is 42.6 Å². The number of hydrogen-bond acceptors (Lipinski definition) is 11. The molecule has 0 N–H and O–H groups in total. The second-order valence-electron chi connectivity index (χ2n) is 7.15. The largest absolute Gasteiger partial charge is 0.491 e. The minimum absolute atomic E-state index is 0.244. The predicted molar refractivity (Wildman–Crippen MR) is 130 cm³/mol. The highest BCUT2D eigenvalue weighted by atomic mass is 16.6. The van der Waals surface area contributed by atoms with E-state index in [0.29, 0.717) is 110 Å². The van der Waals surface area contributed by atoms with E-state index in [4.69, 9.17) is 37.9 Å². The molecular formula is C25H40O11. The van der Waals surface area contributed by atoms with Crippen LogP contribution in [0, 0.1) is 0 Å². The van der Waals surface area contributed by atoms with Crippen LogP contribution < -0.4 is 4.74 Å². The average molecular weight is 517 g/mol. The molecule has 0 saturated carbocycles. The van der Waals surface area contributed by atoms with E-state index in [0.717, 1.165) is 6.29 Å². The van der Waals surface area contributed by atoms with E-state index in [9.17, 15) is 9.59 Å². The van der Waals surface area contributed by atoms with E-state index in [-0.39, 0.29) is 12.4 Å². The molecule has 0 radical (unpaired) electrons. The number of carbonyl (C=O) groups excluding carboxylic acids is 2. The van der Waals surface area contributed by atoms with Crippen LogP contribution in [0.1, 0.15) is 16.8 Å². The van der Waals surface area contributed by atoms with Gasteiger partial charge in [0.25, 0.3) is 0 Å². The molecule has 36 heavy (non-hydrogen) atoms. The molecule has 0 bridgehead atoms. The molecule has 0 atom stereocenters. The maximum atomic E-state index is 10.9. The smallest absolute Gasteiger partial charge is 0.307 e. The van der Waals surface area contributed by atoms with Gasteiger partial charge in [0.2, 0.25) is 0 Å². The molecule has 1 aromatic rings. The first kappa shape index (κ1) is 31.9. The minimum atomic E-state index is -0.287. The van der Waals surface area contributed by atoms with E-state index in [1.165, 1.54) is 7.11 Å². The third kappa shape index (κ3) is 20.1. The quantitative estimate of drug-likeness (QED) is 0.101. The number of rotatable bonds is 26. The normalized spacial score (nSPS) is 10.9. The van der Waals surface area contributed by atoms with Crippen molar-refractivity contribution in [3.8, 4) is 5.75 Å². The Labute approximate surface area is 213 Å². The molecule has 1 aromatic carbocycles. The number of ether oxygens (including phenoxy) is 9. The molecule has 0 heterocycles. The number of methoxy groups -OCH3 is 1. The summed E-state index contributed by atoms with van der Waals surface area (Å²) >= 11 is 0. The summed E-state index contributed by atoms with van der Waals surface area (Å²) in [6.07, 6.45) is 1.04. The van der Waals surface area contributed by atoms with Gasteiger partial charge in [0.15, 0.2) is 0 Å². The number of carbonyl (C=O) groups is 2. The monoisotopic (exact) mass is 516 g/mol. The van der Waals surface area contributed by atoms with Gasteiger partial charge in [-0.3, -0.25) is 9.59 Å². The van der Waals surface area contributed by atoms with Crippen LogP contribution in [0.25, 0.3) is 0 Å². The SMILES string of the molecule is COC(=O)CCOCCOCCOCCOCCOCCOCCOCCOc1ccc(C=O)cc1. The van der Waals surface area contributed by atoms with Gasteiger partial charge in [-0.25, -0.2) is 0 Å². The minimum Gasteiger partial charge on any atom is -0.491 e. The topological polar surface area (TPSA) is 117 Å². The molecule has 0 spiro atoms. The molecule has 0 amide bonds. The summed E-state index contributed by atoms with van der Waals surface area (Å²) in [4.78, 5) is 21.5. The van der Waals surface area contributed by atoms with Crippen molar-refractivity contribution in [3.63, 3.8) is 0 Å². The lowest BCUT2D eigenvalue weighted by molar-refractivity contribution is -0.141. The fourth-order valence-electron chi connectivity index (χ4n) is 2.54. The third-order valence-corrected chi connectivity index (χ3v) is 4.42. The first-order chi connectivity index (χ1) is 17.8. The van der Waals surface area contributed by atoms with Gasteiger partial charge in [-0.15, -0.1) is 0 Å². The van der Waals surface area contributed by atoms with Gasteiger partial charge >= 0.3 is 5.97 Å². The highest BCUT2D eigenvalue weighted by Crippen LogP contribution is 2.10. The number of hydrogen-bond donors (Lipinski definition) is 0. The van der Waals surface area contributed by atoms with Crippen LogP contribution in [0.4, 0.5) is 0 Å². The van der Waals surface area contributed by atoms with Gasteiger partial charge in [0.1, 0.15) is 18.6 Å². The summed E-state index contributed by atoms with van der Waals surface area (Å²) in [5.41, 5.74) is 0.616. The molecule has 11 nitrogen and oxygen atoms in total. The highest BCUT2D eigenvalue weighted by Gasteiger charge is 1.99. The maximum absolute atomic E-state index is 10.9. The van der Waals surface area contributed by atoms with Crippen LogP contribution in [0.5, 0.6) is 5.75 Å². The van der Waals surface area contributed by atoms with Crippen LogP contribution in [-0.2, 0) is 42.7 Å². The van der Waals surface area contributed by atoms with Crippen molar-refractivity contribution in [1.82, 2.24) is 0 Å². The lowest BCUT2D eigenvalue weighted by Crippen LogP contribution is -2.15. The van der Waals surface area contributed by atoms with Crippen molar-refractivity contribution < 1.29 is 52.2 Å². The lowest BCUT2D eigenvalue weighted by Gasteiger charge is -2.09. The Morgan fingerprint density at radius 2 is 0.944 bits per heavy atom. The Morgan fingerprint density at radius 3 is 1.31 bits per heavy atom. The van der Waals surface area contributed by atoms with Crippen molar-refractivity contribution in [2.24, 2.45) is 0 Å². The Balaban J connectivity index is 1.69. The fourth-order valence-corrected chi connectivity index (χ4v) is 2.54. The van der Waals surface area contributed by atoms with E-state index >= 15 is 0 Å². The first-order valence-electron chi connectivity index (χ1n) is 12.1. The van der Waals surface area contributed by atoms with Crippen LogP contribution in [0.3, 0.4) is 0 Å². The van der Waals surface area contributed by atoms with Crippen LogP contribution in [0.15, 0.2) is 24.3 Å². The summed E-state index contributed by atoms with van der Waals surface area (Å²) in [6, 6.07) is 6.92. The van der Waals surface area contributed by atoms with E-state index < -0.39 is 0 Å². The van der Waals surface area contributed by atoms with Crippen molar-refractivity contribution in [2.45, 2.75) is 6.42 Å². The number of esters is 1. The Bertz CT molecular complexity index is 639. The second-order valence-corrected chi connectivity index (χ2v) is 7.15. The molecule has 1 rings (SSSR count). The average Bonchev–Trinajstić information content (AvgIpc) is 2.91. The van der Waals surface area contributed by atoms with Gasteiger partial charge in [-0.05, 0) is 24.3 Å². The van der Waals surface area contributed by atoms with Gasteiger partial charge in [0, 0.05) is 5.56 Å². The third-order valence-electron chi connectivity index (χ3n) is 4.42. The van der Waals surface area contributed by atoms with Crippen molar-refractivity contribution in [2.75, 3.05) is 106 Å². The summed E-state index contributed by atoms with van der Waals surface area (Å²) < 4.78 is 47.7. The summed E-state index contributed by atoms with van der Waals surface area (Å²) in [5, 5.41) is 0. The van der Waals surface area contributed by atoms with Crippen molar-refractivity contribution >= 4 is 12.3 Å². The molecule has 11 heteroatoms. The van der Waals surface area contributed by atoms with E-state index in [1.54, 1.807) is 24.3 Å². The molecule has 0 aliphatic rings. The Morgan fingerprint density at radius 1 is 0.583 bits per heavy atom. The van der Waals surface area contributed by atoms with E-state index in [2.05, 4.69) is 4.74 Å². The van der Waals surface area contributed by atoms with Gasteiger partial charge in [-0.2, -0.15) is 0 Å². The Kier molecular flexibility index (Phi) is 21.8. The lowest BCUT2D eigenvalue weighted by atomic mass is 10.2. The molecule has 0 aromatic heterocycles. The molecule has 0 aliphatic heterocycles. The van der Waals surface area contributed by atoms with Crippen LogP contribution in [0.2, 0.25) is 0 Å². The standard InChI is InChI=1S/C25H40O11/c1-28-25(27)6-7-29-8-9-30-10-11-31-12-13-32-14-15-33-16-17-34-18-19-35-20-21-36-24-4-2-23(22-26)3-5-24/h2-5,22H,6-21H2,1H3. The number of aldehydes is 1.